The Morgan fingerprint density at radius 1 is 1.30 bits per heavy atom. The molecule has 0 aliphatic carbocycles. The Bertz CT molecular complexity index is 888. The van der Waals surface area contributed by atoms with Gasteiger partial charge in [0.1, 0.15) is 0 Å². The molecule has 1 aromatic carbocycles. The molecule has 2 aromatic heterocycles. The molecule has 1 amide bonds. The van der Waals surface area contributed by atoms with Crippen molar-refractivity contribution in [2.45, 2.75) is 38.8 Å². The van der Waals surface area contributed by atoms with E-state index in [4.69, 9.17) is 0 Å². The molecule has 140 valence electrons. The van der Waals surface area contributed by atoms with Crippen LogP contribution in [0.5, 0.6) is 0 Å². The number of aryl methyl sites for hydroxylation is 1. The molecule has 27 heavy (non-hydrogen) atoms. The summed E-state index contributed by atoms with van der Waals surface area (Å²) in [6, 6.07) is 9.57. The lowest BCUT2D eigenvalue weighted by molar-refractivity contribution is -0.122. The number of thiazole rings is 1. The van der Waals surface area contributed by atoms with E-state index in [1.54, 1.807) is 22.2 Å². The topological polar surface area (TPSA) is 63.1 Å². The number of hydrogen-bond acceptors (Lipinski definition) is 5. The second kappa shape index (κ2) is 8.02. The van der Waals surface area contributed by atoms with E-state index in [0.29, 0.717) is 0 Å². The normalized spacial score (nSPS) is 17.7. The number of hydrogen-bond donors (Lipinski definition) is 1. The second-order valence-corrected chi connectivity index (χ2v) is 8.13. The average molecular weight is 382 g/mol. The Balaban J connectivity index is 1.42. The molecule has 0 saturated carbocycles. The van der Waals surface area contributed by atoms with E-state index >= 15 is 0 Å². The van der Waals surface area contributed by atoms with Crippen LogP contribution in [0.1, 0.15) is 29.1 Å². The van der Waals surface area contributed by atoms with E-state index in [2.05, 4.69) is 20.3 Å². The molecule has 0 spiro atoms. The Kier molecular flexibility index (Phi) is 5.31. The number of carbonyl (C=O) groups excluding carboxylic acids is 1. The summed E-state index contributed by atoms with van der Waals surface area (Å²) in [5.41, 5.74) is 1.79. The fraction of sp³-hybridized carbons (Fsp3) is 0.350. The summed E-state index contributed by atoms with van der Waals surface area (Å²) in [6.07, 6.45) is 8.70. The van der Waals surface area contributed by atoms with Crippen molar-refractivity contribution in [3.8, 4) is 5.69 Å². The summed E-state index contributed by atoms with van der Waals surface area (Å²) in [5.74, 6) is 0.0720. The number of nitrogens with zero attached hydrogens (tertiary/aromatic N) is 4. The first-order valence-corrected chi connectivity index (χ1v) is 10.1. The molecule has 1 aliphatic heterocycles. The highest BCUT2D eigenvalue weighted by molar-refractivity contribution is 7.11. The smallest absolute Gasteiger partial charge is 0.241 e. The summed E-state index contributed by atoms with van der Waals surface area (Å²) in [5, 5.41) is 8.37. The zero-order valence-corrected chi connectivity index (χ0v) is 16.2. The number of piperidine rings is 1. The van der Waals surface area contributed by atoms with Gasteiger partial charge in [0.15, 0.2) is 0 Å². The van der Waals surface area contributed by atoms with E-state index in [1.807, 2.05) is 49.6 Å². The minimum absolute atomic E-state index is 0.0720. The lowest BCUT2D eigenvalue weighted by atomic mass is 10.0. The number of amides is 1. The fourth-order valence-electron chi connectivity index (χ4n) is 3.50. The summed E-state index contributed by atoms with van der Waals surface area (Å²) in [6.45, 7) is 3.76. The summed E-state index contributed by atoms with van der Waals surface area (Å²) < 4.78 is 1.80. The van der Waals surface area contributed by atoms with Gasteiger partial charge in [0, 0.05) is 35.7 Å². The van der Waals surface area contributed by atoms with Crippen LogP contribution in [0.4, 0.5) is 5.69 Å². The predicted molar refractivity (Wildman–Crippen MR) is 107 cm³/mol. The van der Waals surface area contributed by atoms with E-state index < -0.39 is 0 Å². The minimum atomic E-state index is -0.0908. The molecule has 3 aromatic rings. The van der Waals surface area contributed by atoms with Gasteiger partial charge in [-0.3, -0.25) is 9.69 Å². The maximum atomic E-state index is 12.9. The SMILES string of the molecule is Cc1ncc(CN2CCCC[C@H]2C(=O)Nc2ccc(-n3cccn3)cc2)s1. The van der Waals surface area contributed by atoms with Gasteiger partial charge >= 0.3 is 0 Å². The Hall–Kier alpha value is -2.51. The average Bonchev–Trinajstić information content (AvgIpc) is 3.35. The molecule has 4 rings (SSSR count). The van der Waals surface area contributed by atoms with Crippen molar-refractivity contribution in [2.24, 2.45) is 0 Å². The number of likely N-dealkylation sites (tertiary alicyclic amines) is 1. The Morgan fingerprint density at radius 2 is 2.15 bits per heavy atom. The molecule has 0 unspecified atom stereocenters. The molecule has 3 heterocycles. The first kappa shape index (κ1) is 17.9. The third-order valence-electron chi connectivity index (χ3n) is 4.85. The Morgan fingerprint density at radius 3 is 2.85 bits per heavy atom. The molecular weight excluding hydrogens is 358 g/mol. The number of nitrogens with one attached hydrogen (secondary N) is 1. The summed E-state index contributed by atoms with van der Waals surface area (Å²) in [7, 11) is 0. The molecular formula is C20H23N5OS. The van der Waals surface area contributed by atoms with Crippen molar-refractivity contribution >= 4 is 22.9 Å². The quantitative estimate of drug-likeness (QED) is 0.733. The van der Waals surface area contributed by atoms with Crippen LogP contribution >= 0.6 is 11.3 Å². The molecule has 6 nitrogen and oxygen atoms in total. The highest BCUT2D eigenvalue weighted by Gasteiger charge is 2.29. The summed E-state index contributed by atoms with van der Waals surface area (Å²) >= 11 is 1.71. The van der Waals surface area contributed by atoms with Gasteiger partial charge < -0.3 is 5.32 Å². The van der Waals surface area contributed by atoms with Crippen molar-refractivity contribution in [3.63, 3.8) is 0 Å². The van der Waals surface area contributed by atoms with Gasteiger partial charge in [-0.25, -0.2) is 9.67 Å². The van der Waals surface area contributed by atoms with Crippen LogP contribution in [-0.4, -0.2) is 38.2 Å². The van der Waals surface area contributed by atoms with Crippen molar-refractivity contribution < 1.29 is 4.79 Å². The van der Waals surface area contributed by atoms with Crippen LogP contribution < -0.4 is 5.32 Å². The van der Waals surface area contributed by atoms with Crippen molar-refractivity contribution in [1.82, 2.24) is 19.7 Å². The largest absolute Gasteiger partial charge is 0.325 e. The second-order valence-electron chi connectivity index (χ2n) is 6.81. The monoisotopic (exact) mass is 381 g/mol. The van der Waals surface area contributed by atoms with E-state index in [-0.39, 0.29) is 11.9 Å². The molecule has 1 aliphatic rings. The third kappa shape index (κ3) is 4.26. The predicted octanol–water partition coefficient (Wildman–Crippen LogP) is 3.63. The molecule has 0 radical (unpaired) electrons. The van der Waals surface area contributed by atoms with Crippen LogP contribution in [0.3, 0.4) is 0 Å². The van der Waals surface area contributed by atoms with E-state index in [0.717, 1.165) is 48.7 Å². The third-order valence-corrected chi connectivity index (χ3v) is 5.75. The van der Waals surface area contributed by atoms with E-state index in [9.17, 15) is 4.79 Å². The number of benzene rings is 1. The lowest BCUT2D eigenvalue weighted by Gasteiger charge is -2.34. The molecule has 1 fully saturated rings. The van der Waals surface area contributed by atoms with Gasteiger partial charge in [0.25, 0.3) is 0 Å². The lowest BCUT2D eigenvalue weighted by Crippen LogP contribution is -2.46. The van der Waals surface area contributed by atoms with Crippen LogP contribution in [0.2, 0.25) is 0 Å². The summed E-state index contributed by atoms with van der Waals surface area (Å²) in [4.78, 5) is 20.7. The first-order chi connectivity index (χ1) is 13.2. The zero-order valence-electron chi connectivity index (χ0n) is 15.3. The minimum Gasteiger partial charge on any atom is -0.325 e. The maximum Gasteiger partial charge on any atom is 0.241 e. The molecule has 0 bridgehead atoms. The Labute approximate surface area is 162 Å². The van der Waals surface area contributed by atoms with Crippen LogP contribution in [0, 0.1) is 6.92 Å². The van der Waals surface area contributed by atoms with E-state index in [1.165, 1.54) is 4.88 Å². The van der Waals surface area contributed by atoms with Gasteiger partial charge in [0.05, 0.1) is 16.7 Å². The van der Waals surface area contributed by atoms with Crippen LogP contribution in [0.15, 0.2) is 48.9 Å². The number of rotatable bonds is 5. The highest BCUT2D eigenvalue weighted by atomic mass is 32.1. The molecule has 1 N–H and O–H groups in total. The van der Waals surface area contributed by atoms with Crippen molar-refractivity contribution in [2.75, 3.05) is 11.9 Å². The number of aromatic nitrogens is 3. The maximum absolute atomic E-state index is 12.9. The molecule has 1 saturated heterocycles. The molecule has 1 atom stereocenters. The van der Waals surface area contributed by atoms with Crippen molar-refractivity contribution in [3.05, 3.63) is 58.8 Å². The van der Waals surface area contributed by atoms with Gasteiger partial charge in [-0.2, -0.15) is 5.10 Å². The van der Waals surface area contributed by atoms with Gasteiger partial charge in [0.2, 0.25) is 5.91 Å². The standard InChI is InChI=1S/C20H23N5OS/c1-15-21-13-18(27-15)14-24-11-3-2-5-19(24)20(26)23-16-6-8-17(9-7-16)25-12-4-10-22-25/h4,6-10,12-13,19H,2-3,5,11,14H2,1H3,(H,23,26)/t19-/m0/s1. The van der Waals surface area contributed by atoms with Crippen LogP contribution in [-0.2, 0) is 11.3 Å². The van der Waals surface area contributed by atoms with Gasteiger partial charge in [-0.05, 0) is 56.6 Å². The molecule has 7 heteroatoms. The van der Waals surface area contributed by atoms with Crippen molar-refractivity contribution in [1.29, 1.82) is 0 Å². The highest BCUT2D eigenvalue weighted by Crippen LogP contribution is 2.23. The van der Waals surface area contributed by atoms with Gasteiger partial charge in [-0.1, -0.05) is 6.42 Å². The first-order valence-electron chi connectivity index (χ1n) is 9.25. The number of carbonyl (C=O) groups is 1. The number of anilines is 1. The zero-order chi connectivity index (χ0) is 18.6. The van der Waals surface area contributed by atoms with Crippen LogP contribution in [0.25, 0.3) is 5.69 Å². The fourth-order valence-corrected chi connectivity index (χ4v) is 4.32. The van der Waals surface area contributed by atoms with Gasteiger partial charge in [-0.15, -0.1) is 11.3 Å².